The zero-order valence-electron chi connectivity index (χ0n) is 17.7. The lowest BCUT2D eigenvalue weighted by Gasteiger charge is -2.25. The van der Waals surface area contributed by atoms with Crippen LogP contribution < -0.4 is 10.1 Å². The van der Waals surface area contributed by atoms with E-state index in [-0.39, 0.29) is 24.4 Å². The fourth-order valence-electron chi connectivity index (χ4n) is 4.34. The molecule has 0 saturated heterocycles. The molecule has 5 rings (SSSR count). The van der Waals surface area contributed by atoms with Gasteiger partial charge in [-0.3, -0.25) is 9.59 Å². The molecule has 0 spiro atoms. The molecule has 0 radical (unpaired) electrons. The van der Waals surface area contributed by atoms with Gasteiger partial charge < -0.3 is 19.9 Å². The summed E-state index contributed by atoms with van der Waals surface area (Å²) in [4.78, 5) is 31.0. The molecule has 160 valence electrons. The Bertz CT molecular complexity index is 1290. The fraction of sp³-hybridized carbons (Fsp3) is 0.154. The first-order valence-corrected chi connectivity index (χ1v) is 10.5. The number of fused-ring (bicyclic) bond motifs is 2. The van der Waals surface area contributed by atoms with Crippen molar-refractivity contribution in [3.05, 3.63) is 101 Å². The summed E-state index contributed by atoms with van der Waals surface area (Å²) < 4.78 is 5.17. The largest absolute Gasteiger partial charge is 0.497 e. The van der Waals surface area contributed by atoms with Gasteiger partial charge in [0.15, 0.2) is 0 Å². The Kier molecular flexibility index (Phi) is 5.11. The van der Waals surface area contributed by atoms with Gasteiger partial charge >= 0.3 is 0 Å². The third-order valence-corrected chi connectivity index (χ3v) is 5.94. The zero-order valence-corrected chi connectivity index (χ0v) is 17.7. The number of methoxy groups -OCH3 is 1. The number of aromatic amines is 1. The monoisotopic (exact) mass is 425 g/mol. The van der Waals surface area contributed by atoms with E-state index in [0.29, 0.717) is 12.1 Å². The van der Waals surface area contributed by atoms with E-state index in [1.165, 1.54) is 0 Å². The van der Waals surface area contributed by atoms with Gasteiger partial charge in [-0.15, -0.1) is 0 Å². The smallest absolute Gasteiger partial charge is 0.255 e. The standard InChI is InChI=1S/C26H23N3O3/c1-32-18-12-10-17(11-13-18)14-28-24(30)16-29-25(20-7-2-3-8-21(20)26(29)31)22-15-27-23-9-5-4-6-19(22)23/h2-13,15,25,27H,14,16H2,1H3,(H,28,30)/t25-/m0/s1. The first kappa shape index (κ1) is 19.9. The number of carbonyl (C=O) groups excluding carboxylic acids is 2. The minimum absolute atomic E-state index is 0.0200. The summed E-state index contributed by atoms with van der Waals surface area (Å²) in [5.74, 6) is 0.435. The van der Waals surface area contributed by atoms with Crippen molar-refractivity contribution in [1.29, 1.82) is 0 Å². The molecule has 0 aliphatic carbocycles. The van der Waals surface area contributed by atoms with Crippen LogP contribution in [0.4, 0.5) is 0 Å². The molecule has 1 aliphatic heterocycles. The number of carbonyl (C=O) groups is 2. The van der Waals surface area contributed by atoms with E-state index in [1.807, 2.05) is 79.0 Å². The Hall–Kier alpha value is -4.06. The average Bonchev–Trinajstić information content (AvgIpc) is 3.37. The molecule has 1 aromatic heterocycles. The molecule has 1 atom stereocenters. The minimum atomic E-state index is -0.318. The number of aromatic nitrogens is 1. The second-order valence-corrected chi connectivity index (χ2v) is 7.84. The van der Waals surface area contributed by atoms with Crippen LogP contribution in [-0.2, 0) is 11.3 Å². The lowest BCUT2D eigenvalue weighted by Crippen LogP contribution is -2.39. The van der Waals surface area contributed by atoms with Crippen LogP contribution in [0.1, 0.15) is 33.1 Å². The molecule has 1 aliphatic rings. The molecular weight excluding hydrogens is 402 g/mol. The summed E-state index contributed by atoms with van der Waals surface area (Å²) in [5.41, 5.74) is 4.52. The summed E-state index contributed by atoms with van der Waals surface area (Å²) in [6.45, 7) is 0.364. The van der Waals surface area contributed by atoms with E-state index in [2.05, 4.69) is 10.3 Å². The number of nitrogens with one attached hydrogen (secondary N) is 2. The van der Waals surface area contributed by atoms with Crippen molar-refractivity contribution in [3.8, 4) is 5.75 Å². The number of hydrogen-bond donors (Lipinski definition) is 2. The van der Waals surface area contributed by atoms with Crippen molar-refractivity contribution >= 4 is 22.7 Å². The van der Waals surface area contributed by atoms with Gasteiger partial charge in [0.25, 0.3) is 5.91 Å². The van der Waals surface area contributed by atoms with Crippen LogP contribution in [0.15, 0.2) is 79.0 Å². The van der Waals surface area contributed by atoms with Crippen molar-refractivity contribution in [3.63, 3.8) is 0 Å². The van der Waals surface area contributed by atoms with Crippen LogP contribution in [0.3, 0.4) is 0 Å². The third-order valence-electron chi connectivity index (χ3n) is 5.94. The number of amides is 2. The van der Waals surface area contributed by atoms with Gasteiger partial charge in [-0.05, 0) is 35.4 Å². The van der Waals surface area contributed by atoms with E-state index in [1.54, 1.807) is 12.0 Å². The molecule has 6 nitrogen and oxygen atoms in total. The maximum atomic E-state index is 13.2. The lowest BCUT2D eigenvalue weighted by molar-refractivity contribution is -0.122. The van der Waals surface area contributed by atoms with Gasteiger partial charge in [-0.2, -0.15) is 0 Å². The highest BCUT2D eigenvalue weighted by atomic mass is 16.5. The first-order chi connectivity index (χ1) is 15.7. The van der Waals surface area contributed by atoms with E-state index in [0.717, 1.165) is 33.3 Å². The Morgan fingerprint density at radius 2 is 1.75 bits per heavy atom. The van der Waals surface area contributed by atoms with Gasteiger partial charge in [0, 0.05) is 34.8 Å². The maximum Gasteiger partial charge on any atom is 0.255 e. The Labute approximate surface area is 185 Å². The zero-order chi connectivity index (χ0) is 22.1. The highest BCUT2D eigenvalue weighted by Gasteiger charge is 2.39. The molecule has 2 heterocycles. The number of benzene rings is 3. The molecule has 0 saturated carbocycles. The summed E-state index contributed by atoms with van der Waals surface area (Å²) in [7, 11) is 1.62. The Morgan fingerprint density at radius 1 is 1.00 bits per heavy atom. The van der Waals surface area contributed by atoms with Crippen molar-refractivity contribution in [2.75, 3.05) is 13.7 Å². The van der Waals surface area contributed by atoms with Crippen LogP contribution in [0.2, 0.25) is 0 Å². The van der Waals surface area contributed by atoms with E-state index in [9.17, 15) is 9.59 Å². The molecule has 2 amide bonds. The number of nitrogens with zero attached hydrogens (tertiary/aromatic N) is 1. The number of rotatable bonds is 6. The minimum Gasteiger partial charge on any atom is -0.497 e. The Balaban J connectivity index is 1.40. The lowest BCUT2D eigenvalue weighted by atomic mass is 9.97. The summed E-state index contributed by atoms with van der Waals surface area (Å²) in [6.07, 6.45) is 1.94. The van der Waals surface area contributed by atoms with E-state index in [4.69, 9.17) is 4.74 Å². The predicted octanol–water partition coefficient (Wildman–Crippen LogP) is 4.04. The maximum absolute atomic E-state index is 13.2. The topological polar surface area (TPSA) is 74.4 Å². The van der Waals surface area contributed by atoms with Gasteiger partial charge in [0.05, 0.1) is 13.2 Å². The molecule has 0 unspecified atom stereocenters. The summed E-state index contributed by atoms with van der Waals surface area (Å²) >= 11 is 0. The van der Waals surface area contributed by atoms with Crippen molar-refractivity contribution in [2.24, 2.45) is 0 Å². The third kappa shape index (κ3) is 3.50. The summed E-state index contributed by atoms with van der Waals surface area (Å²) in [5, 5.41) is 3.98. The van der Waals surface area contributed by atoms with Gasteiger partial charge in [0.1, 0.15) is 12.3 Å². The highest BCUT2D eigenvalue weighted by molar-refractivity contribution is 6.02. The number of ether oxygens (including phenoxy) is 1. The van der Waals surface area contributed by atoms with Gasteiger partial charge in [0.2, 0.25) is 5.91 Å². The average molecular weight is 425 g/mol. The van der Waals surface area contributed by atoms with E-state index >= 15 is 0 Å². The van der Waals surface area contributed by atoms with E-state index < -0.39 is 0 Å². The molecule has 4 aromatic rings. The molecule has 0 bridgehead atoms. The van der Waals surface area contributed by atoms with Crippen LogP contribution in [0.5, 0.6) is 5.75 Å². The van der Waals surface area contributed by atoms with Gasteiger partial charge in [-0.25, -0.2) is 0 Å². The number of H-pyrrole nitrogens is 1. The summed E-state index contributed by atoms with van der Waals surface area (Å²) in [6, 6.07) is 22.8. The molecular formula is C26H23N3O3. The SMILES string of the molecule is COc1ccc(CNC(=O)CN2C(=O)c3ccccc3[C@H]2c2c[nH]c3ccccc23)cc1. The predicted molar refractivity (Wildman–Crippen MR) is 122 cm³/mol. The second kappa shape index (κ2) is 8.23. The highest BCUT2D eigenvalue weighted by Crippen LogP contribution is 2.40. The van der Waals surface area contributed by atoms with Gasteiger partial charge in [-0.1, -0.05) is 48.5 Å². The molecule has 0 fully saturated rings. The van der Waals surface area contributed by atoms with Crippen LogP contribution in [0, 0.1) is 0 Å². The van der Waals surface area contributed by atoms with Crippen LogP contribution >= 0.6 is 0 Å². The molecule has 3 aromatic carbocycles. The molecule has 2 N–H and O–H groups in total. The molecule has 6 heteroatoms. The number of para-hydroxylation sites is 1. The Morgan fingerprint density at radius 3 is 2.56 bits per heavy atom. The normalized spacial score (nSPS) is 15.1. The fourth-order valence-corrected chi connectivity index (χ4v) is 4.34. The van der Waals surface area contributed by atoms with Crippen LogP contribution in [0.25, 0.3) is 10.9 Å². The second-order valence-electron chi connectivity index (χ2n) is 7.84. The number of hydrogen-bond acceptors (Lipinski definition) is 3. The van der Waals surface area contributed by atoms with Crippen LogP contribution in [-0.4, -0.2) is 35.4 Å². The molecule has 32 heavy (non-hydrogen) atoms. The van der Waals surface area contributed by atoms with Crippen molar-refractivity contribution < 1.29 is 14.3 Å². The first-order valence-electron chi connectivity index (χ1n) is 10.5. The van der Waals surface area contributed by atoms with Crippen molar-refractivity contribution in [2.45, 2.75) is 12.6 Å². The quantitative estimate of drug-likeness (QED) is 0.490. The van der Waals surface area contributed by atoms with Crippen molar-refractivity contribution in [1.82, 2.24) is 15.2 Å².